The van der Waals surface area contributed by atoms with Gasteiger partial charge in [-0.15, -0.1) is 6.58 Å². The molecule has 0 fully saturated rings. The Morgan fingerprint density at radius 3 is 2.88 bits per heavy atom. The molecule has 0 amide bonds. The van der Waals surface area contributed by atoms with E-state index >= 15 is 0 Å². The van der Waals surface area contributed by atoms with Gasteiger partial charge in [0.15, 0.2) is 0 Å². The number of hydrogen-bond acceptors (Lipinski definition) is 3. The SMILES string of the molecule is C=CCC[C@@H](N)c1ccc(F)cc1[N+](=O)[O-]. The van der Waals surface area contributed by atoms with Gasteiger partial charge in [0.1, 0.15) is 5.82 Å². The minimum absolute atomic E-state index is 0.267. The van der Waals surface area contributed by atoms with Crippen LogP contribution in [-0.4, -0.2) is 4.92 Å². The van der Waals surface area contributed by atoms with Gasteiger partial charge in [-0.3, -0.25) is 10.1 Å². The van der Waals surface area contributed by atoms with Crippen molar-refractivity contribution in [3.8, 4) is 0 Å². The summed E-state index contributed by atoms with van der Waals surface area (Å²) in [6, 6.07) is 2.96. The quantitative estimate of drug-likeness (QED) is 0.475. The molecule has 0 aromatic heterocycles. The predicted molar refractivity (Wildman–Crippen MR) is 59.4 cm³/mol. The van der Waals surface area contributed by atoms with Crippen LogP contribution in [0.15, 0.2) is 30.9 Å². The highest BCUT2D eigenvalue weighted by atomic mass is 19.1. The van der Waals surface area contributed by atoms with E-state index in [2.05, 4.69) is 6.58 Å². The molecule has 16 heavy (non-hydrogen) atoms. The van der Waals surface area contributed by atoms with Crippen molar-refractivity contribution in [1.29, 1.82) is 0 Å². The summed E-state index contributed by atoms with van der Waals surface area (Å²) in [4.78, 5) is 10.1. The first-order valence-electron chi connectivity index (χ1n) is 4.86. The van der Waals surface area contributed by atoms with Crippen LogP contribution >= 0.6 is 0 Å². The summed E-state index contributed by atoms with van der Waals surface area (Å²) in [7, 11) is 0. The highest BCUT2D eigenvalue weighted by Gasteiger charge is 2.19. The van der Waals surface area contributed by atoms with E-state index in [1.165, 1.54) is 12.1 Å². The summed E-state index contributed by atoms with van der Waals surface area (Å²) < 4.78 is 12.9. The minimum Gasteiger partial charge on any atom is -0.324 e. The number of nitrogens with two attached hydrogens (primary N) is 1. The Balaban J connectivity index is 3.02. The van der Waals surface area contributed by atoms with Gasteiger partial charge in [0.05, 0.1) is 11.0 Å². The normalized spacial score (nSPS) is 12.1. The average Bonchev–Trinajstić information content (AvgIpc) is 2.25. The van der Waals surface area contributed by atoms with Crippen LogP contribution in [0.1, 0.15) is 24.4 Å². The second-order valence-corrected chi connectivity index (χ2v) is 3.43. The molecule has 0 aliphatic rings. The Hall–Kier alpha value is -1.75. The van der Waals surface area contributed by atoms with Crippen LogP contribution in [0.2, 0.25) is 0 Å². The number of nitro benzene ring substituents is 1. The lowest BCUT2D eigenvalue weighted by Gasteiger charge is -2.10. The van der Waals surface area contributed by atoms with Crippen LogP contribution in [0.3, 0.4) is 0 Å². The maximum Gasteiger partial charge on any atom is 0.277 e. The van der Waals surface area contributed by atoms with Crippen molar-refractivity contribution >= 4 is 5.69 Å². The molecule has 1 aromatic rings. The summed E-state index contributed by atoms with van der Waals surface area (Å²) >= 11 is 0. The van der Waals surface area contributed by atoms with Crippen molar-refractivity contribution in [1.82, 2.24) is 0 Å². The van der Waals surface area contributed by atoms with Crippen molar-refractivity contribution in [3.05, 3.63) is 52.3 Å². The van der Waals surface area contributed by atoms with Crippen molar-refractivity contribution < 1.29 is 9.31 Å². The number of nitrogens with zero attached hydrogens (tertiary/aromatic N) is 1. The first kappa shape index (κ1) is 12.3. The van der Waals surface area contributed by atoms with Gasteiger partial charge >= 0.3 is 0 Å². The van der Waals surface area contributed by atoms with E-state index in [4.69, 9.17) is 5.73 Å². The van der Waals surface area contributed by atoms with E-state index in [1.807, 2.05) is 0 Å². The smallest absolute Gasteiger partial charge is 0.277 e. The van der Waals surface area contributed by atoms with Crippen LogP contribution in [0.4, 0.5) is 10.1 Å². The van der Waals surface area contributed by atoms with Crippen LogP contribution < -0.4 is 5.73 Å². The fourth-order valence-electron chi connectivity index (χ4n) is 1.44. The summed E-state index contributed by atoms with van der Waals surface area (Å²) in [5.74, 6) is -0.633. The molecule has 0 unspecified atom stereocenters. The lowest BCUT2D eigenvalue weighted by atomic mass is 10.0. The van der Waals surface area contributed by atoms with Crippen molar-refractivity contribution in [3.63, 3.8) is 0 Å². The largest absolute Gasteiger partial charge is 0.324 e. The number of hydrogen-bond donors (Lipinski definition) is 1. The zero-order valence-electron chi connectivity index (χ0n) is 8.73. The van der Waals surface area contributed by atoms with Gasteiger partial charge in [0, 0.05) is 11.6 Å². The van der Waals surface area contributed by atoms with Gasteiger partial charge in [-0.05, 0) is 25.0 Å². The maximum absolute atomic E-state index is 12.9. The van der Waals surface area contributed by atoms with E-state index in [0.717, 1.165) is 6.07 Å². The summed E-state index contributed by atoms with van der Waals surface area (Å²) in [5, 5.41) is 10.7. The molecule has 0 aliphatic carbocycles. The fraction of sp³-hybridized carbons (Fsp3) is 0.273. The Morgan fingerprint density at radius 1 is 1.62 bits per heavy atom. The predicted octanol–water partition coefficient (Wildman–Crippen LogP) is 2.70. The van der Waals surface area contributed by atoms with Crippen LogP contribution in [-0.2, 0) is 0 Å². The second-order valence-electron chi connectivity index (χ2n) is 3.43. The van der Waals surface area contributed by atoms with Crippen LogP contribution in [0, 0.1) is 15.9 Å². The van der Waals surface area contributed by atoms with Crippen molar-refractivity contribution in [2.24, 2.45) is 5.73 Å². The van der Waals surface area contributed by atoms with Gasteiger partial charge in [-0.2, -0.15) is 0 Å². The molecule has 1 rings (SSSR count). The number of halogens is 1. The molecule has 1 aromatic carbocycles. The highest BCUT2D eigenvalue weighted by molar-refractivity contribution is 5.42. The highest BCUT2D eigenvalue weighted by Crippen LogP contribution is 2.27. The summed E-state index contributed by atoms with van der Waals surface area (Å²) in [6.45, 7) is 3.55. The van der Waals surface area contributed by atoms with Gasteiger partial charge in [-0.25, -0.2) is 4.39 Å². The van der Waals surface area contributed by atoms with E-state index in [-0.39, 0.29) is 5.69 Å². The molecular weight excluding hydrogens is 211 g/mol. The van der Waals surface area contributed by atoms with E-state index in [1.54, 1.807) is 6.08 Å². The molecule has 0 saturated heterocycles. The monoisotopic (exact) mass is 224 g/mol. The first-order chi connectivity index (χ1) is 7.56. The Bertz CT molecular complexity index is 407. The zero-order chi connectivity index (χ0) is 12.1. The number of allylic oxidation sites excluding steroid dienone is 1. The summed E-state index contributed by atoms with van der Waals surface area (Å²) in [6.07, 6.45) is 2.90. The number of nitro groups is 1. The molecular formula is C11H13FN2O2. The molecule has 0 heterocycles. The van der Waals surface area contributed by atoms with Crippen molar-refractivity contribution in [2.45, 2.75) is 18.9 Å². The third-order valence-electron chi connectivity index (χ3n) is 2.27. The Kier molecular flexibility index (Phi) is 4.13. The van der Waals surface area contributed by atoms with E-state index < -0.39 is 16.8 Å². The minimum atomic E-state index is -0.633. The van der Waals surface area contributed by atoms with Gasteiger partial charge in [0.25, 0.3) is 5.69 Å². The molecule has 0 spiro atoms. The molecule has 0 aliphatic heterocycles. The molecule has 2 N–H and O–H groups in total. The first-order valence-corrected chi connectivity index (χ1v) is 4.86. The summed E-state index contributed by atoms with van der Waals surface area (Å²) in [5.41, 5.74) is 5.88. The van der Waals surface area contributed by atoms with Crippen LogP contribution in [0.5, 0.6) is 0 Å². The van der Waals surface area contributed by atoms with Crippen LogP contribution in [0.25, 0.3) is 0 Å². The standard InChI is InChI=1S/C11H13FN2O2/c1-2-3-4-10(13)9-6-5-8(12)7-11(9)14(15)16/h2,5-7,10H,1,3-4,13H2/t10-/m1/s1. The average molecular weight is 224 g/mol. The molecule has 0 saturated carbocycles. The zero-order valence-corrected chi connectivity index (χ0v) is 8.73. The van der Waals surface area contributed by atoms with Gasteiger partial charge in [0.2, 0.25) is 0 Å². The Morgan fingerprint density at radius 2 is 2.31 bits per heavy atom. The number of benzene rings is 1. The molecule has 86 valence electrons. The third-order valence-corrected chi connectivity index (χ3v) is 2.27. The molecule has 5 heteroatoms. The lowest BCUT2D eigenvalue weighted by Crippen LogP contribution is -2.12. The lowest BCUT2D eigenvalue weighted by molar-refractivity contribution is -0.385. The Labute approximate surface area is 92.7 Å². The topological polar surface area (TPSA) is 69.2 Å². The molecule has 1 atom stereocenters. The molecule has 0 radical (unpaired) electrons. The molecule has 4 nitrogen and oxygen atoms in total. The van der Waals surface area contributed by atoms with Crippen molar-refractivity contribution in [2.75, 3.05) is 0 Å². The fourth-order valence-corrected chi connectivity index (χ4v) is 1.44. The third kappa shape index (κ3) is 2.87. The maximum atomic E-state index is 12.9. The number of rotatable bonds is 5. The second kappa shape index (κ2) is 5.37. The molecule has 0 bridgehead atoms. The van der Waals surface area contributed by atoms with E-state index in [0.29, 0.717) is 18.4 Å². The van der Waals surface area contributed by atoms with Gasteiger partial charge < -0.3 is 5.73 Å². The van der Waals surface area contributed by atoms with Gasteiger partial charge in [-0.1, -0.05) is 6.08 Å². The van der Waals surface area contributed by atoms with E-state index in [9.17, 15) is 14.5 Å².